The van der Waals surface area contributed by atoms with Gasteiger partial charge in [0.1, 0.15) is 0 Å². The highest BCUT2D eigenvalue weighted by Crippen LogP contribution is 2.47. The van der Waals surface area contributed by atoms with Crippen molar-refractivity contribution in [1.82, 2.24) is 0 Å². The molecular weight excluding hydrogens is 524 g/mol. The van der Waals surface area contributed by atoms with Gasteiger partial charge in [-0.05, 0) is 119 Å². The molecule has 0 saturated heterocycles. The molecule has 1 aliphatic carbocycles. The third-order valence-corrected chi connectivity index (χ3v) is 9.06. The Morgan fingerprint density at radius 1 is 0.605 bits per heavy atom. The summed E-state index contributed by atoms with van der Waals surface area (Å²) in [5.74, 6) is 0. The monoisotopic (exact) mass is 552 g/mol. The Morgan fingerprint density at radius 3 is 2.26 bits per heavy atom. The van der Waals surface area contributed by atoms with Gasteiger partial charge in [-0.3, -0.25) is 0 Å². The Bertz CT molecular complexity index is 2150. The van der Waals surface area contributed by atoms with E-state index in [2.05, 4.69) is 101 Å². The summed E-state index contributed by atoms with van der Waals surface area (Å²) >= 11 is 0. The maximum absolute atomic E-state index is 9.68. The molecule has 4 nitrogen and oxygen atoms in total. The average Bonchev–Trinajstić information content (AvgIpc) is 3.07. The Hall–Kier alpha value is -5.58. The molecule has 6 aromatic carbocycles. The van der Waals surface area contributed by atoms with Crippen LogP contribution in [0.25, 0.3) is 21.5 Å². The molecule has 1 heterocycles. The summed E-state index contributed by atoms with van der Waals surface area (Å²) in [6.45, 7) is 0.970. The third kappa shape index (κ3) is 4.03. The highest BCUT2D eigenvalue weighted by atomic mass is 15.1. The molecule has 0 unspecified atom stereocenters. The second kappa shape index (κ2) is 10.1. The fraction of sp³-hybridized carbons (Fsp3) is 0.128. The van der Waals surface area contributed by atoms with Crippen molar-refractivity contribution < 1.29 is 0 Å². The van der Waals surface area contributed by atoms with Gasteiger partial charge in [-0.25, -0.2) is 0 Å². The van der Waals surface area contributed by atoms with E-state index in [9.17, 15) is 10.5 Å². The lowest BCUT2D eigenvalue weighted by atomic mass is 9.84. The summed E-state index contributed by atoms with van der Waals surface area (Å²) in [5.41, 5.74) is 11.0. The number of hydrogen-bond donors (Lipinski definition) is 0. The van der Waals surface area contributed by atoms with E-state index in [1.807, 2.05) is 30.3 Å². The van der Waals surface area contributed by atoms with Crippen molar-refractivity contribution >= 4 is 50.0 Å². The summed E-state index contributed by atoms with van der Waals surface area (Å²) < 4.78 is 0. The van der Waals surface area contributed by atoms with Crippen molar-refractivity contribution in [3.05, 3.63) is 137 Å². The molecule has 2 aliphatic rings. The number of nitriles is 2. The van der Waals surface area contributed by atoms with E-state index in [1.165, 1.54) is 49.6 Å². The number of para-hydroxylation sites is 1. The van der Waals surface area contributed by atoms with Gasteiger partial charge >= 0.3 is 0 Å². The largest absolute Gasteiger partial charge is 0.341 e. The van der Waals surface area contributed by atoms with E-state index in [4.69, 9.17) is 0 Å². The highest BCUT2D eigenvalue weighted by Gasteiger charge is 2.26. The lowest BCUT2D eigenvalue weighted by Crippen LogP contribution is -2.26. The van der Waals surface area contributed by atoms with Gasteiger partial charge in [0.05, 0.1) is 29.0 Å². The molecule has 0 fully saturated rings. The summed E-state index contributed by atoms with van der Waals surface area (Å²) in [7, 11) is 0. The second-order valence-corrected chi connectivity index (χ2v) is 11.4. The number of benzene rings is 6. The van der Waals surface area contributed by atoms with Crippen LogP contribution in [-0.4, -0.2) is 6.54 Å². The van der Waals surface area contributed by atoms with Crippen LogP contribution in [0.3, 0.4) is 0 Å². The molecule has 43 heavy (non-hydrogen) atoms. The Balaban J connectivity index is 1.37. The van der Waals surface area contributed by atoms with Gasteiger partial charge in [-0.1, -0.05) is 48.5 Å². The molecule has 0 radical (unpaired) electrons. The van der Waals surface area contributed by atoms with E-state index in [0.717, 1.165) is 54.9 Å². The predicted octanol–water partition coefficient (Wildman–Crippen LogP) is 9.39. The molecule has 6 aromatic rings. The summed E-state index contributed by atoms with van der Waals surface area (Å²) in [6, 6.07) is 42.7. The van der Waals surface area contributed by atoms with Crippen LogP contribution in [-0.2, 0) is 19.3 Å². The number of aryl methyl sites for hydroxylation is 3. The van der Waals surface area contributed by atoms with Crippen molar-refractivity contribution in [2.24, 2.45) is 0 Å². The van der Waals surface area contributed by atoms with Crippen molar-refractivity contribution in [1.29, 1.82) is 10.5 Å². The Morgan fingerprint density at radius 2 is 1.40 bits per heavy atom. The molecule has 0 aromatic heterocycles. The predicted molar refractivity (Wildman–Crippen MR) is 175 cm³/mol. The van der Waals surface area contributed by atoms with Crippen molar-refractivity contribution in [3.63, 3.8) is 0 Å². The van der Waals surface area contributed by atoms with Crippen LogP contribution >= 0.6 is 0 Å². The van der Waals surface area contributed by atoms with Crippen LogP contribution in [0.2, 0.25) is 0 Å². The fourth-order valence-electron chi connectivity index (χ4n) is 7.18. The number of hydrogen-bond acceptors (Lipinski definition) is 4. The third-order valence-electron chi connectivity index (χ3n) is 9.06. The fourth-order valence-corrected chi connectivity index (χ4v) is 7.18. The summed E-state index contributed by atoms with van der Waals surface area (Å²) in [6.07, 6.45) is 4.05. The first-order chi connectivity index (χ1) is 21.2. The van der Waals surface area contributed by atoms with Gasteiger partial charge in [0.25, 0.3) is 0 Å². The number of fused-ring (bicyclic) bond motifs is 1. The molecule has 204 valence electrons. The minimum absolute atomic E-state index is 0.640. The Labute approximate surface area is 251 Å². The first-order valence-electron chi connectivity index (χ1n) is 14.9. The molecule has 0 spiro atoms. The van der Waals surface area contributed by atoms with Crippen molar-refractivity contribution in [3.8, 4) is 12.1 Å². The van der Waals surface area contributed by atoms with E-state index >= 15 is 0 Å². The van der Waals surface area contributed by atoms with Crippen LogP contribution < -0.4 is 9.80 Å². The topological polar surface area (TPSA) is 54.1 Å². The quantitative estimate of drug-likeness (QED) is 0.204. The number of anilines is 5. The number of nitrogens with zero attached hydrogens (tertiary/aromatic N) is 4. The zero-order valence-electron chi connectivity index (χ0n) is 23.7. The zero-order chi connectivity index (χ0) is 28.9. The SMILES string of the molecule is N#Cc1cccc(N(c2ccccc2)c2ccc3c4c2ccc2ccc(N5CCCc6cc(C#N)ccc65)c(c24)CC3)c1. The molecule has 0 N–H and O–H groups in total. The minimum Gasteiger partial charge on any atom is -0.341 e. The van der Waals surface area contributed by atoms with Crippen LogP contribution in [0.15, 0.2) is 109 Å². The number of rotatable bonds is 4. The first-order valence-corrected chi connectivity index (χ1v) is 14.9. The summed E-state index contributed by atoms with van der Waals surface area (Å²) in [4.78, 5) is 4.75. The van der Waals surface area contributed by atoms with Gasteiger partial charge < -0.3 is 9.80 Å². The van der Waals surface area contributed by atoms with Gasteiger partial charge in [0.15, 0.2) is 0 Å². The molecule has 0 amide bonds. The minimum atomic E-state index is 0.640. The van der Waals surface area contributed by atoms with Crippen LogP contribution in [0.5, 0.6) is 0 Å². The summed E-state index contributed by atoms with van der Waals surface area (Å²) in [5, 5.41) is 24.3. The van der Waals surface area contributed by atoms with Crippen molar-refractivity contribution in [2.45, 2.75) is 25.7 Å². The molecular formula is C39H28N4. The van der Waals surface area contributed by atoms with E-state index < -0.39 is 0 Å². The van der Waals surface area contributed by atoms with Crippen LogP contribution in [0.1, 0.15) is 34.2 Å². The van der Waals surface area contributed by atoms with E-state index in [-0.39, 0.29) is 0 Å². The Kier molecular flexibility index (Phi) is 5.88. The van der Waals surface area contributed by atoms with Gasteiger partial charge in [0.2, 0.25) is 0 Å². The lowest BCUT2D eigenvalue weighted by molar-refractivity contribution is 0.762. The second-order valence-electron chi connectivity index (χ2n) is 11.4. The molecule has 0 atom stereocenters. The first kappa shape index (κ1) is 25.2. The molecule has 1 aliphatic heterocycles. The standard InChI is InChI=1S/C39H28N4/c40-24-26-6-4-10-32(23-26)43(31-8-2-1-3-9-31)37-20-15-29-12-16-33-36(19-14-28-13-17-34(37)39(29)38(28)33)42-21-5-7-30-22-27(25-41)11-18-35(30)42/h1-4,6,8-11,13-15,17-20,22-23H,5,7,12,16,21H2. The molecule has 0 saturated carbocycles. The lowest BCUT2D eigenvalue weighted by Gasteiger charge is -2.35. The van der Waals surface area contributed by atoms with Crippen molar-refractivity contribution in [2.75, 3.05) is 16.3 Å². The highest BCUT2D eigenvalue weighted by molar-refractivity contribution is 6.17. The molecule has 8 rings (SSSR count). The van der Waals surface area contributed by atoms with Gasteiger partial charge in [-0.15, -0.1) is 0 Å². The van der Waals surface area contributed by atoms with Gasteiger partial charge in [0, 0.05) is 34.7 Å². The average molecular weight is 553 g/mol. The maximum Gasteiger partial charge on any atom is 0.0992 e. The van der Waals surface area contributed by atoms with E-state index in [1.54, 1.807) is 0 Å². The van der Waals surface area contributed by atoms with Crippen LogP contribution in [0, 0.1) is 22.7 Å². The van der Waals surface area contributed by atoms with E-state index in [0.29, 0.717) is 5.56 Å². The van der Waals surface area contributed by atoms with Crippen LogP contribution in [0.4, 0.5) is 28.4 Å². The maximum atomic E-state index is 9.68. The smallest absolute Gasteiger partial charge is 0.0992 e. The molecule has 0 bridgehead atoms. The normalized spacial score (nSPS) is 13.5. The zero-order valence-corrected chi connectivity index (χ0v) is 23.7. The molecule has 4 heteroatoms. The van der Waals surface area contributed by atoms with Gasteiger partial charge in [-0.2, -0.15) is 10.5 Å².